The molecule has 1 aliphatic heterocycles. The van der Waals surface area contributed by atoms with Crippen molar-refractivity contribution in [3.05, 3.63) is 118 Å². The van der Waals surface area contributed by atoms with E-state index >= 15 is 0 Å². The van der Waals surface area contributed by atoms with Crippen LogP contribution >= 0.6 is 0 Å². The number of carbonyl (C=O) groups excluding carboxylic acids is 3. The van der Waals surface area contributed by atoms with Crippen molar-refractivity contribution >= 4 is 23.4 Å². The largest absolute Gasteiger partial charge is 0.366 e. The summed E-state index contributed by atoms with van der Waals surface area (Å²) in [6.07, 6.45) is 1.25. The smallest absolute Gasteiger partial charge is 0.251 e. The number of aromatic nitrogens is 1. The van der Waals surface area contributed by atoms with E-state index in [2.05, 4.69) is 15.6 Å². The van der Waals surface area contributed by atoms with Gasteiger partial charge in [0.05, 0.1) is 23.2 Å². The molecule has 2 heterocycles. The van der Waals surface area contributed by atoms with Gasteiger partial charge in [-0.25, -0.2) is 13.2 Å². The molecule has 0 spiro atoms. The number of nitrogens with two attached hydrogens (primary N) is 1. The maximum absolute atomic E-state index is 14.2. The molecule has 0 aliphatic carbocycles. The van der Waals surface area contributed by atoms with Crippen molar-refractivity contribution in [1.82, 2.24) is 10.3 Å². The van der Waals surface area contributed by atoms with Crippen molar-refractivity contribution in [2.45, 2.75) is 38.6 Å². The van der Waals surface area contributed by atoms with E-state index in [4.69, 9.17) is 5.73 Å². The normalized spacial score (nSPS) is 14.7. The molecule has 7 nitrogen and oxygen atoms in total. The predicted molar refractivity (Wildman–Crippen MR) is 151 cm³/mol. The van der Waals surface area contributed by atoms with Gasteiger partial charge in [-0.15, -0.1) is 0 Å². The molecule has 0 saturated heterocycles. The third-order valence-electron chi connectivity index (χ3n) is 7.25. The van der Waals surface area contributed by atoms with Crippen LogP contribution in [0.2, 0.25) is 0 Å². The Morgan fingerprint density at radius 3 is 2.48 bits per heavy atom. The number of pyridine rings is 1. The SMILES string of the molecule is Cc1cc(C)c2c(c1)NC(=O)C2CC(=O)NC(Cc1cc(F)cc(F)c1)c1ncccc1-c1ccc(F)c(C(N)=O)c1. The molecule has 4 aromatic rings. The van der Waals surface area contributed by atoms with Crippen LogP contribution in [0.3, 0.4) is 0 Å². The van der Waals surface area contributed by atoms with Crippen LogP contribution < -0.4 is 16.4 Å². The van der Waals surface area contributed by atoms with Gasteiger partial charge < -0.3 is 16.4 Å². The van der Waals surface area contributed by atoms with Crippen LogP contribution in [0.25, 0.3) is 11.1 Å². The maximum atomic E-state index is 14.2. The second-order valence-electron chi connectivity index (χ2n) is 10.4. The molecule has 3 aromatic carbocycles. The maximum Gasteiger partial charge on any atom is 0.251 e. The number of hydrogen-bond acceptors (Lipinski definition) is 4. The monoisotopic (exact) mass is 572 g/mol. The fraction of sp³-hybridized carbons (Fsp3) is 0.188. The molecule has 214 valence electrons. The quantitative estimate of drug-likeness (QED) is 0.262. The molecule has 0 radical (unpaired) electrons. The summed E-state index contributed by atoms with van der Waals surface area (Å²) >= 11 is 0. The number of amides is 3. The number of carbonyl (C=O) groups is 3. The van der Waals surface area contributed by atoms with Crippen molar-refractivity contribution in [2.75, 3.05) is 5.32 Å². The number of halogens is 3. The Bertz CT molecular complexity index is 1720. The van der Waals surface area contributed by atoms with Gasteiger partial charge in [-0.2, -0.15) is 0 Å². The van der Waals surface area contributed by atoms with E-state index in [0.717, 1.165) is 41.0 Å². The van der Waals surface area contributed by atoms with Crippen molar-refractivity contribution in [1.29, 1.82) is 0 Å². The molecule has 1 aromatic heterocycles. The van der Waals surface area contributed by atoms with Gasteiger partial charge in [-0.1, -0.05) is 18.2 Å². The minimum Gasteiger partial charge on any atom is -0.366 e. The molecular weight excluding hydrogens is 545 g/mol. The van der Waals surface area contributed by atoms with E-state index in [0.29, 0.717) is 22.5 Å². The summed E-state index contributed by atoms with van der Waals surface area (Å²) in [7, 11) is 0. The molecule has 5 rings (SSSR count). The van der Waals surface area contributed by atoms with Crippen molar-refractivity contribution in [2.24, 2.45) is 5.73 Å². The van der Waals surface area contributed by atoms with Crippen LogP contribution in [0.15, 0.2) is 66.9 Å². The van der Waals surface area contributed by atoms with Gasteiger partial charge in [0.1, 0.15) is 17.5 Å². The number of anilines is 1. The highest BCUT2D eigenvalue weighted by atomic mass is 19.1. The first-order valence-corrected chi connectivity index (χ1v) is 13.2. The fourth-order valence-electron chi connectivity index (χ4n) is 5.53. The Balaban J connectivity index is 1.52. The molecule has 0 bridgehead atoms. The van der Waals surface area contributed by atoms with E-state index in [1.54, 1.807) is 12.1 Å². The molecule has 4 N–H and O–H groups in total. The van der Waals surface area contributed by atoms with Gasteiger partial charge in [0, 0.05) is 29.9 Å². The van der Waals surface area contributed by atoms with E-state index < -0.39 is 41.2 Å². The van der Waals surface area contributed by atoms with E-state index in [1.807, 2.05) is 26.0 Å². The average molecular weight is 573 g/mol. The summed E-state index contributed by atoms with van der Waals surface area (Å²) in [4.78, 5) is 42.6. The highest BCUT2D eigenvalue weighted by Crippen LogP contribution is 2.38. The first-order chi connectivity index (χ1) is 20.0. The summed E-state index contributed by atoms with van der Waals surface area (Å²) in [5, 5.41) is 5.74. The minimum absolute atomic E-state index is 0.0556. The lowest BCUT2D eigenvalue weighted by atomic mass is 9.91. The predicted octanol–water partition coefficient (Wildman–Crippen LogP) is 5.41. The lowest BCUT2D eigenvalue weighted by Crippen LogP contribution is -2.33. The Morgan fingerprint density at radius 2 is 1.76 bits per heavy atom. The lowest BCUT2D eigenvalue weighted by molar-refractivity contribution is -0.125. The van der Waals surface area contributed by atoms with Gasteiger partial charge in [-0.3, -0.25) is 19.4 Å². The first-order valence-electron chi connectivity index (χ1n) is 13.2. The molecule has 2 unspecified atom stereocenters. The number of nitrogens with zero attached hydrogens (tertiary/aromatic N) is 1. The summed E-state index contributed by atoms with van der Waals surface area (Å²) in [6, 6.07) is 13.0. The fourth-order valence-corrected chi connectivity index (χ4v) is 5.53. The number of benzene rings is 3. The summed E-state index contributed by atoms with van der Waals surface area (Å²) in [6.45, 7) is 3.79. The number of aryl methyl sites for hydroxylation is 2. The summed E-state index contributed by atoms with van der Waals surface area (Å²) < 4.78 is 42.4. The van der Waals surface area contributed by atoms with Crippen molar-refractivity contribution < 1.29 is 27.6 Å². The molecule has 3 amide bonds. The molecular formula is C32H27F3N4O3. The summed E-state index contributed by atoms with van der Waals surface area (Å²) in [5.74, 6) is -4.85. The van der Waals surface area contributed by atoms with Crippen LogP contribution in [-0.4, -0.2) is 22.7 Å². The van der Waals surface area contributed by atoms with Gasteiger partial charge in [0.2, 0.25) is 11.8 Å². The van der Waals surface area contributed by atoms with Gasteiger partial charge in [0.25, 0.3) is 5.91 Å². The summed E-state index contributed by atoms with van der Waals surface area (Å²) in [5.41, 5.74) is 9.67. The zero-order valence-electron chi connectivity index (χ0n) is 22.8. The number of fused-ring (bicyclic) bond motifs is 1. The third kappa shape index (κ3) is 5.88. The zero-order valence-corrected chi connectivity index (χ0v) is 22.8. The highest BCUT2D eigenvalue weighted by molar-refractivity contribution is 6.05. The molecule has 0 saturated carbocycles. The minimum atomic E-state index is -0.958. The van der Waals surface area contributed by atoms with E-state index in [-0.39, 0.29) is 29.9 Å². The first kappa shape index (κ1) is 28.5. The van der Waals surface area contributed by atoms with Crippen LogP contribution in [0, 0.1) is 31.3 Å². The second kappa shape index (κ2) is 11.5. The van der Waals surface area contributed by atoms with Gasteiger partial charge in [-0.05, 0) is 84.5 Å². The van der Waals surface area contributed by atoms with Crippen molar-refractivity contribution in [3.8, 4) is 11.1 Å². The second-order valence-corrected chi connectivity index (χ2v) is 10.4. The lowest BCUT2D eigenvalue weighted by Gasteiger charge is -2.22. The molecule has 2 atom stereocenters. The van der Waals surface area contributed by atoms with Crippen LogP contribution in [0.4, 0.5) is 18.9 Å². The Labute approximate surface area is 240 Å². The zero-order chi connectivity index (χ0) is 30.1. The number of nitrogens with one attached hydrogen (secondary N) is 2. The van der Waals surface area contributed by atoms with Crippen LogP contribution in [0.1, 0.15) is 56.7 Å². The Hall–Kier alpha value is -4.99. The molecule has 42 heavy (non-hydrogen) atoms. The standard InChI is InChI=1S/C32H27F3N4O3/c1-16-8-17(2)29-24(32(42)39-26(29)9-16)15-28(40)38-27(12-18-10-20(33)14-21(34)11-18)30-22(4-3-7-37-30)19-5-6-25(35)23(13-19)31(36)41/h3-11,13-14,24,27H,12,15H2,1-2H3,(H2,36,41)(H,38,40)(H,39,42). The van der Waals surface area contributed by atoms with E-state index in [9.17, 15) is 27.6 Å². The van der Waals surface area contributed by atoms with Crippen LogP contribution in [0.5, 0.6) is 0 Å². The molecule has 10 heteroatoms. The Morgan fingerprint density at radius 1 is 1.02 bits per heavy atom. The topological polar surface area (TPSA) is 114 Å². The van der Waals surface area contributed by atoms with Crippen LogP contribution in [-0.2, 0) is 16.0 Å². The number of hydrogen-bond donors (Lipinski definition) is 3. The average Bonchev–Trinajstić information content (AvgIpc) is 3.22. The van der Waals surface area contributed by atoms with E-state index in [1.165, 1.54) is 18.3 Å². The highest BCUT2D eigenvalue weighted by Gasteiger charge is 2.34. The Kier molecular flexibility index (Phi) is 7.80. The van der Waals surface area contributed by atoms with Gasteiger partial charge >= 0.3 is 0 Å². The molecule has 1 aliphatic rings. The number of primary amides is 1. The van der Waals surface area contributed by atoms with Crippen molar-refractivity contribution in [3.63, 3.8) is 0 Å². The third-order valence-corrected chi connectivity index (χ3v) is 7.25. The molecule has 0 fully saturated rings. The van der Waals surface area contributed by atoms with Gasteiger partial charge in [0.15, 0.2) is 0 Å². The number of rotatable bonds is 8.